The molecule has 0 aliphatic carbocycles. The molecule has 1 aromatic carbocycles. The number of nitrogens with one attached hydrogen (secondary N) is 1. The lowest BCUT2D eigenvalue weighted by Crippen LogP contribution is -2.36. The Kier molecular flexibility index (Phi) is 4.89. The second kappa shape index (κ2) is 7.64. The molecule has 0 bridgehead atoms. The largest absolute Gasteiger partial charge is 0.333 e. The number of anilines is 1. The van der Waals surface area contributed by atoms with Crippen molar-refractivity contribution in [2.45, 2.75) is 26.4 Å². The summed E-state index contributed by atoms with van der Waals surface area (Å²) in [6.45, 7) is 3.87. The third-order valence-electron chi connectivity index (χ3n) is 4.84. The van der Waals surface area contributed by atoms with Crippen LogP contribution in [0.3, 0.4) is 0 Å². The van der Waals surface area contributed by atoms with E-state index in [9.17, 15) is 9.59 Å². The van der Waals surface area contributed by atoms with Gasteiger partial charge < -0.3 is 10.2 Å². The molecule has 0 fully saturated rings. The van der Waals surface area contributed by atoms with Gasteiger partial charge in [-0.2, -0.15) is 5.10 Å². The van der Waals surface area contributed by atoms with Gasteiger partial charge in [-0.3, -0.25) is 19.3 Å². The Morgan fingerprint density at radius 2 is 2.00 bits per heavy atom. The summed E-state index contributed by atoms with van der Waals surface area (Å²) in [6.07, 6.45) is 4.19. The normalized spacial score (nSPS) is 13.1. The molecule has 3 aromatic rings. The lowest BCUT2D eigenvalue weighted by molar-refractivity contribution is 0.0727. The third kappa shape index (κ3) is 3.64. The topological polar surface area (TPSA) is 80.1 Å². The summed E-state index contributed by atoms with van der Waals surface area (Å²) in [5, 5.41) is 7.19. The molecule has 0 radical (unpaired) electrons. The number of amides is 2. The quantitative estimate of drug-likeness (QED) is 0.760. The molecule has 142 valence electrons. The van der Waals surface area contributed by atoms with Crippen LogP contribution in [0.4, 0.5) is 5.69 Å². The summed E-state index contributed by atoms with van der Waals surface area (Å²) in [4.78, 5) is 30.9. The van der Waals surface area contributed by atoms with Crippen LogP contribution >= 0.6 is 0 Å². The smallest absolute Gasteiger partial charge is 0.274 e. The zero-order valence-corrected chi connectivity index (χ0v) is 15.6. The Bertz CT molecular complexity index is 1010. The van der Waals surface area contributed by atoms with Crippen molar-refractivity contribution in [3.8, 4) is 0 Å². The van der Waals surface area contributed by atoms with Crippen molar-refractivity contribution in [3.63, 3.8) is 0 Å². The summed E-state index contributed by atoms with van der Waals surface area (Å²) >= 11 is 0. The minimum absolute atomic E-state index is 0.0687. The molecule has 28 heavy (non-hydrogen) atoms. The first-order chi connectivity index (χ1) is 13.6. The van der Waals surface area contributed by atoms with Crippen molar-refractivity contribution in [2.24, 2.45) is 0 Å². The van der Waals surface area contributed by atoms with Gasteiger partial charge in [-0.15, -0.1) is 0 Å². The zero-order valence-electron chi connectivity index (χ0n) is 15.6. The fraction of sp³-hybridized carbons (Fsp3) is 0.238. The number of pyridine rings is 1. The van der Waals surface area contributed by atoms with Crippen LogP contribution in [-0.4, -0.2) is 38.0 Å². The monoisotopic (exact) mass is 375 g/mol. The minimum atomic E-state index is -0.255. The molecule has 0 unspecified atom stereocenters. The Labute approximate surface area is 163 Å². The number of carbonyl (C=O) groups excluding carboxylic acids is 2. The highest BCUT2D eigenvalue weighted by molar-refractivity contribution is 6.02. The van der Waals surface area contributed by atoms with Crippen molar-refractivity contribution in [3.05, 3.63) is 77.4 Å². The lowest BCUT2D eigenvalue weighted by atomic mass is 9.98. The first-order valence-electron chi connectivity index (χ1n) is 9.31. The average Bonchev–Trinajstić information content (AvgIpc) is 3.22. The number of hydrogen-bond donors (Lipinski definition) is 1. The molecule has 0 saturated carbocycles. The molecule has 1 N–H and O–H groups in total. The van der Waals surface area contributed by atoms with Crippen molar-refractivity contribution >= 4 is 17.5 Å². The Morgan fingerprint density at radius 3 is 2.75 bits per heavy atom. The molecule has 1 aliphatic rings. The predicted octanol–water partition coefficient (Wildman–Crippen LogP) is 2.75. The van der Waals surface area contributed by atoms with Gasteiger partial charge in [-0.05, 0) is 54.8 Å². The number of carbonyl (C=O) groups is 2. The summed E-state index contributed by atoms with van der Waals surface area (Å²) in [5.74, 6) is -0.324. The van der Waals surface area contributed by atoms with E-state index in [0.717, 1.165) is 18.5 Å². The van der Waals surface area contributed by atoms with Crippen LogP contribution in [0.2, 0.25) is 0 Å². The third-order valence-corrected chi connectivity index (χ3v) is 4.84. The Hall–Kier alpha value is -3.48. The van der Waals surface area contributed by atoms with Crippen molar-refractivity contribution in [2.75, 3.05) is 11.9 Å². The van der Waals surface area contributed by atoms with E-state index in [4.69, 9.17) is 0 Å². The van der Waals surface area contributed by atoms with Crippen LogP contribution in [0.15, 0.2) is 54.9 Å². The number of hydrogen-bond acceptors (Lipinski definition) is 4. The van der Waals surface area contributed by atoms with Crippen LogP contribution in [0, 0.1) is 0 Å². The molecule has 0 saturated heterocycles. The van der Waals surface area contributed by atoms with Gasteiger partial charge in [0.25, 0.3) is 11.8 Å². The number of nitrogens with zero attached hydrogens (tertiary/aromatic N) is 4. The van der Waals surface area contributed by atoms with E-state index >= 15 is 0 Å². The highest BCUT2D eigenvalue weighted by Gasteiger charge is 2.23. The molecular formula is C21H21N5O2. The summed E-state index contributed by atoms with van der Waals surface area (Å²) in [5.41, 5.74) is 3.75. The number of rotatable bonds is 4. The van der Waals surface area contributed by atoms with E-state index in [1.807, 2.05) is 31.3 Å². The highest BCUT2D eigenvalue weighted by atomic mass is 16.2. The lowest BCUT2D eigenvalue weighted by Gasteiger charge is -2.28. The average molecular weight is 375 g/mol. The number of aryl methyl sites for hydroxylation is 1. The summed E-state index contributed by atoms with van der Waals surface area (Å²) in [7, 11) is 0. The minimum Gasteiger partial charge on any atom is -0.333 e. The van der Waals surface area contributed by atoms with E-state index in [2.05, 4.69) is 15.4 Å². The van der Waals surface area contributed by atoms with Gasteiger partial charge in [0.05, 0.1) is 0 Å². The maximum atomic E-state index is 12.8. The van der Waals surface area contributed by atoms with Crippen LogP contribution in [0.5, 0.6) is 0 Å². The molecule has 7 nitrogen and oxygen atoms in total. The van der Waals surface area contributed by atoms with Crippen LogP contribution in [0.1, 0.15) is 39.0 Å². The highest BCUT2D eigenvalue weighted by Crippen LogP contribution is 2.24. The van der Waals surface area contributed by atoms with Crippen LogP contribution in [0.25, 0.3) is 0 Å². The maximum absolute atomic E-state index is 12.8. The van der Waals surface area contributed by atoms with Crippen molar-refractivity contribution < 1.29 is 9.59 Å². The fourth-order valence-electron chi connectivity index (χ4n) is 3.31. The molecular weight excluding hydrogens is 354 g/mol. The molecule has 2 aromatic heterocycles. The van der Waals surface area contributed by atoms with Gasteiger partial charge in [0, 0.05) is 37.7 Å². The van der Waals surface area contributed by atoms with Crippen LogP contribution < -0.4 is 5.32 Å². The van der Waals surface area contributed by atoms with Crippen molar-refractivity contribution in [1.82, 2.24) is 19.7 Å². The maximum Gasteiger partial charge on any atom is 0.274 e. The van der Waals surface area contributed by atoms with E-state index in [1.165, 1.54) is 5.56 Å². The van der Waals surface area contributed by atoms with Gasteiger partial charge >= 0.3 is 0 Å². The Balaban J connectivity index is 1.49. The van der Waals surface area contributed by atoms with E-state index in [0.29, 0.717) is 30.2 Å². The predicted molar refractivity (Wildman–Crippen MR) is 105 cm³/mol. The van der Waals surface area contributed by atoms with Gasteiger partial charge in [0.1, 0.15) is 11.4 Å². The number of aromatic nitrogens is 3. The van der Waals surface area contributed by atoms with Gasteiger partial charge in [-0.25, -0.2) is 0 Å². The first-order valence-corrected chi connectivity index (χ1v) is 9.31. The van der Waals surface area contributed by atoms with E-state index < -0.39 is 0 Å². The van der Waals surface area contributed by atoms with E-state index in [1.54, 1.807) is 40.0 Å². The van der Waals surface area contributed by atoms with Crippen molar-refractivity contribution in [1.29, 1.82) is 0 Å². The van der Waals surface area contributed by atoms with Gasteiger partial charge in [-0.1, -0.05) is 12.1 Å². The molecule has 4 rings (SSSR count). The molecule has 2 amide bonds. The molecule has 3 heterocycles. The van der Waals surface area contributed by atoms with E-state index in [-0.39, 0.29) is 11.8 Å². The SMILES string of the molecule is CCn1ccc(C(=O)N2CCc3ccc(NC(=O)c4ccccn4)cc3C2)n1. The van der Waals surface area contributed by atoms with Gasteiger partial charge in [0.2, 0.25) is 0 Å². The zero-order chi connectivity index (χ0) is 19.5. The Morgan fingerprint density at radius 1 is 1.11 bits per heavy atom. The van der Waals surface area contributed by atoms with Crippen LogP contribution in [-0.2, 0) is 19.5 Å². The van der Waals surface area contributed by atoms with Gasteiger partial charge in [0.15, 0.2) is 0 Å². The first kappa shape index (κ1) is 17.9. The summed E-state index contributed by atoms with van der Waals surface area (Å²) in [6, 6.07) is 12.8. The number of fused-ring (bicyclic) bond motifs is 1. The standard InChI is InChI=1S/C21H21N5O2/c1-2-26-12-9-19(24-26)21(28)25-11-8-15-6-7-17(13-16(15)14-25)23-20(27)18-5-3-4-10-22-18/h3-7,9-10,12-13H,2,8,11,14H2,1H3,(H,23,27). The molecule has 1 aliphatic heterocycles. The second-order valence-corrected chi connectivity index (χ2v) is 6.69. The fourth-order valence-corrected chi connectivity index (χ4v) is 3.31. The molecule has 7 heteroatoms. The molecule has 0 spiro atoms. The second-order valence-electron chi connectivity index (χ2n) is 6.69. The summed E-state index contributed by atoms with van der Waals surface area (Å²) < 4.78 is 1.75. The number of benzene rings is 1. The molecule has 0 atom stereocenters.